The molecule has 0 amide bonds. The molecule has 40 heavy (non-hydrogen) atoms. The van der Waals surface area contributed by atoms with Crippen molar-refractivity contribution in [1.29, 1.82) is 0 Å². The van der Waals surface area contributed by atoms with Gasteiger partial charge in [-0.3, -0.25) is 4.79 Å². The zero-order chi connectivity index (χ0) is 28.2. The first-order chi connectivity index (χ1) is 19.1. The van der Waals surface area contributed by atoms with Crippen LogP contribution in [0.4, 0.5) is 0 Å². The Morgan fingerprint density at radius 2 is 1.90 bits per heavy atom. The number of ketones is 1. The van der Waals surface area contributed by atoms with E-state index in [4.69, 9.17) is 19.2 Å². The Hall–Kier alpha value is -4.20. The van der Waals surface area contributed by atoms with E-state index in [0.29, 0.717) is 47.4 Å². The van der Waals surface area contributed by atoms with E-state index >= 15 is 0 Å². The predicted octanol–water partition coefficient (Wildman–Crippen LogP) is 6.31. The highest BCUT2D eigenvalue weighted by Crippen LogP contribution is 2.50. The van der Waals surface area contributed by atoms with Crippen molar-refractivity contribution in [2.75, 3.05) is 7.11 Å². The number of ether oxygens (including phenoxy) is 3. The summed E-state index contributed by atoms with van der Waals surface area (Å²) in [6.07, 6.45) is 2.73. The van der Waals surface area contributed by atoms with Crippen molar-refractivity contribution in [3.63, 3.8) is 0 Å². The minimum atomic E-state index is -0.383. The van der Waals surface area contributed by atoms with Gasteiger partial charge in [-0.1, -0.05) is 52.0 Å². The summed E-state index contributed by atoms with van der Waals surface area (Å²) in [5.41, 5.74) is 5.03. The van der Waals surface area contributed by atoms with Crippen molar-refractivity contribution in [2.45, 2.75) is 65.9 Å². The average molecular weight is 539 g/mol. The molecule has 6 rings (SSSR count). The number of hydrogen-bond donors (Lipinski definition) is 0. The summed E-state index contributed by atoms with van der Waals surface area (Å²) in [6.45, 7) is 10.7. The maximum atomic E-state index is 13.6. The maximum Gasteiger partial charge on any atom is 0.228 e. The zero-order valence-electron chi connectivity index (χ0n) is 23.8. The lowest BCUT2D eigenvalue weighted by atomic mass is 9.70. The molecule has 8 nitrogen and oxygen atoms in total. The molecule has 8 heteroatoms. The van der Waals surface area contributed by atoms with Gasteiger partial charge < -0.3 is 14.2 Å². The van der Waals surface area contributed by atoms with Crippen LogP contribution in [-0.2, 0) is 11.4 Å². The molecule has 1 unspecified atom stereocenters. The molecule has 1 aliphatic heterocycles. The summed E-state index contributed by atoms with van der Waals surface area (Å²) in [4.78, 5) is 23.1. The second kappa shape index (κ2) is 9.77. The van der Waals surface area contributed by atoms with Crippen molar-refractivity contribution in [1.82, 2.24) is 19.6 Å². The number of Topliss-reactive ketones (excluding diaryl/α,β-unsaturated/α-hetero) is 1. The quantitative estimate of drug-likeness (QED) is 0.284. The number of carbonyl (C=O) groups excluding carboxylic acids is 1. The van der Waals surface area contributed by atoms with Crippen LogP contribution in [0.5, 0.6) is 17.4 Å². The molecule has 0 fully saturated rings. The highest BCUT2D eigenvalue weighted by atomic mass is 16.5. The van der Waals surface area contributed by atoms with Crippen LogP contribution in [0.15, 0.2) is 60.1 Å². The number of hydrogen-bond acceptors (Lipinski definition) is 7. The summed E-state index contributed by atoms with van der Waals surface area (Å²) in [5.74, 6) is 3.28. The zero-order valence-corrected chi connectivity index (χ0v) is 23.8. The van der Waals surface area contributed by atoms with Crippen LogP contribution in [0.3, 0.4) is 0 Å². The van der Waals surface area contributed by atoms with E-state index in [1.54, 1.807) is 18.0 Å². The van der Waals surface area contributed by atoms with Crippen LogP contribution in [0, 0.1) is 12.3 Å². The highest BCUT2D eigenvalue weighted by Gasteiger charge is 2.44. The first-order valence-electron chi connectivity index (χ1n) is 13.7. The van der Waals surface area contributed by atoms with Crippen LogP contribution in [-0.4, -0.2) is 32.5 Å². The topological polar surface area (TPSA) is 87.8 Å². The minimum Gasteiger partial charge on any atom is -0.497 e. The number of rotatable bonds is 6. The van der Waals surface area contributed by atoms with Crippen LogP contribution in [0.2, 0.25) is 0 Å². The van der Waals surface area contributed by atoms with Gasteiger partial charge in [-0.05, 0) is 53.1 Å². The smallest absolute Gasteiger partial charge is 0.228 e. The Kier molecular flexibility index (Phi) is 6.36. The maximum absolute atomic E-state index is 13.6. The summed E-state index contributed by atoms with van der Waals surface area (Å²) in [7, 11) is 1.64. The number of aryl methyl sites for hydroxylation is 1. The number of benzene rings is 2. The van der Waals surface area contributed by atoms with Gasteiger partial charge in [0.2, 0.25) is 5.88 Å². The molecule has 0 saturated carbocycles. The van der Waals surface area contributed by atoms with Gasteiger partial charge in [0.15, 0.2) is 17.3 Å². The average Bonchev–Trinajstić information content (AvgIpc) is 3.33. The fraction of sp³-hybridized carbons (Fsp3) is 0.375. The third kappa shape index (κ3) is 4.61. The lowest BCUT2D eigenvalue weighted by Crippen LogP contribution is -2.33. The molecule has 4 aromatic rings. The van der Waals surface area contributed by atoms with Crippen LogP contribution < -0.4 is 14.2 Å². The lowest BCUT2D eigenvalue weighted by Gasteiger charge is -2.37. The predicted molar refractivity (Wildman–Crippen MR) is 151 cm³/mol. The van der Waals surface area contributed by atoms with Crippen LogP contribution in [0.1, 0.15) is 80.5 Å². The molecule has 0 bridgehead atoms. The molecular formula is C32H34N4O4. The molecule has 1 aliphatic carbocycles. The monoisotopic (exact) mass is 538 g/mol. The van der Waals surface area contributed by atoms with Crippen molar-refractivity contribution in [3.8, 4) is 17.4 Å². The van der Waals surface area contributed by atoms with Gasteiger partial charge in [-0.2, -0.15) is 0 Å². The van der Waals surface area contributed by atoms with E-state index in [1.807, 2.05) is 37.3 Å². The van der Waals surface area contributed by atoms with E-state index in [9.17, 15) is 4.79 Å². The van der Waals surface area contributed by atoms with E-state index < -0.39 is 0 Å². The first kappa shape index (κ1) is 26.0. The number of carbonyl (C=O) groups is 1. The molecule has 2 aliphatic rings. The van der Waals surface area contributed by atoms with E-state index in [-0.39, 0.29) is 23.7 Å². The van der Waals surface area contributed by atoms with Crippen LogP contribution in [0.25, 0.3) is 5.65 Å². The van der Waals surface area contributed by atoms with Crippen molar-refractivity contribution < 1.29 is 19.0 Å². The van der Waals surface area contributed by atoms with E-state index in [2.05, 4.69) is 49.9 Å². The number of fused-ring (bicyclic) bond motifs is 3. The summed E-state index contributed by atoms with van der Waals surface area (Å²) >= 11 is 0. The normalized spacial score (nSPS) is 18.0. The summed E-state index contributed by atoms with van der Waals surface area (Å²) in [5, 5.41) is 4.68. The SMILES string of the molecule is COc1ccc(C2C3=C(CC(C)(C)CC3=O)Oc3ncn4nc(COc5cc(C)ccc5C(C)C)nc4c32)cc1. The van der Waals surface area contributed by atoms with Crippen LogP contribution >= 0.6 is 0 Å². The Morgan fingerprint density at radius 1 is 1.12 bits per heavy atom. The Balaban J connectivity index is 1.44. The molecule has 0 radical (unpaired) electrons. The van der Waals surface area contributed by atoms with Gasteiger partial charge >= 0.3 is 0 Å². The third-order valence-electron chi connectivity index (χ3n) is 7.70. The van der Waals surface area contributed by atoms with Gasteiger partial charge in [0.1, 0.15) is 30.2 Å². The Labute approximate surface area is 234 Å². The number of nitrogens with zero attached hydrogens (tertiary/aromatic N) is 4. The third-order valence-corrected chi connectivity index (χ3v) is 7.70. The molecule has 0 N–H and O–H groups in total. The Bertz CT molecular complexity index is 1650. The van der Waals surface area contributed by atoms with Gasteiger partial charge in [0.25, 0.3) is 0 Å². The van der Waals surface area contributed by atoms with E-state index in [1.165, 1.54) is 0 Å². The van der Waals surface area contributed by atoms with Gasteiger partial charge in [0, 0.05) is 24.3 Å². The van der Waals surface area contributed by atoms with Gasteiger partial charge in [0.05, 0.1) is 12.7 Å². The van der Waals surface area contributed by atoms with Gasteiger partial charge in [-0.15, -0.1) is 5.10 Å². The summed E-state index contributed by atoms with van der Waals surface area (Å²) in [6, 6.07) is 14.1. The second-order valence-corrected chi connectivity index (χ2v) is 11.8. The first-order valence-corrected chi connectivity index (χ1v) is 13.7. The molecule has 0 spiro atoms. The molecule has 2 aromatic heterocycles. The second-order valence-electron chi connectivity index (χ2n) is 11.8. The standard InChI is InChI=1S/C32H34N4O4/c1-18(2)22-12-7-19(3)13-24(22)39-16-26-34-30-29-27(20-8-10-21(38-6)11-9-20)28-23(37)14-32(4,5)15-25(28)40-31(29)33-17-36(30)35-26/h7-13,17-18,27H,14-16H2,1-6H3. The summed E-state index contributed by atoms with van der Waals surface area (Å²) < 4.78 is 19.6. The minimum absolute atomic E-state index is 0.0865. The number of allylic oxidation sites excluding steroid dienone is 2. The molecule has 2 aromatic carbocycles. The largest absolute Gasteiger partial charge is 0.497 e. The number of methoxy groups -OCH3 is 1. The molecule has 0 saturated heterocycles. The fourth-order valence-electron chi connectivity index (χ4n) is 5.77. The molecule has 206 valence electrons. The van der Waals surface area contributed by atoms with Crippen molar-refractivity contribution >= 4 is 11.4 Å². The van der Waals surface area contributed by atoms with Crippen molar-refractivity contribution in [3.05, 3.63) is 88.2 Å². The lowest BCUT2D eigenvalue weighted by molar-refractivity contribution is -0.118. The van der Waals surface area contributed by atoms with Crippen molar-refractivity contribution in [2.24, 2.45) is 5.41 Å². The van der Waals surface area contributed by atoms with E-state index in [0.717, 1.165) is 33.8 Å². The van der Waals surface area contributed by atoms with Gasteiger partial charge in [-0.25, -0.2) is 14.5 Å². The molecular weight excluding hydrogens is 504 g/mol. The highest BCUT2D eigenvalue weighted by molar-refractivity contribution is 6.00. The molecule has 3 heterocycles. The Morgan fingerprint density at radius 3 is 2.62 bits per heavy atom. The fourth-order valence-corrected chi connectivity index (χ4v) is 5.77. The molecule has 1 atom stereocenters. The number of aromatic nitrogens is 4.